The van der Waals surface area contributed by atoms with Gasteiger partial charge in [0.2, 0.25) is 0 Å². The molecule has 2 N–H and O–H groups in total. The van der Waals surface area contributed by atoms with Crippen molar-refractivity contribution in [3.63, 3.8) is 0 Å². The van der Waals surface area contributed by atoms with Crippen LogP contribution in [0.1, 0.15) is 49.0 Å². The Balaban J connectivity index is 0.00000300. The number of aromatic nitrogens is 3. The van der Waals surface area contributed by atoms with Crippen molar-refractivity contribution in [2.45, 2.75) is 59.0 Å². The minimum Gasteiger partial charge on any atom is -0.494 e. The molecule has 1 aliphatic rings. The lowest BCUT2D eigenvalue weighted by Crippen LogP contribution is -2.38. The summed E-state index contributed by atoms with van der Waals surface area (Å²) in [6.07, 6.45) is 5.59. The van der Waals surface area contributed by atoms with Crippen LogP contribution in [0.2, 0.25) is 0 Å². The van der Waals surface area contributed by atoms with Crippen LogP contribution in [0.4, 0.5) is 0 Å². The van der Waals surface area contributed by atoms with Gasteiger partial charge in [-0.25, -0.2) is 0 Å². The van der Waals surface area contributed by atoms with Gasteiger partial charge in [-0.2, -0.15) is 0 Å². The fraction of sp³-hybridized carbons (Fsp3) is 0.571. The van der Waals surface area contributed by atoms with Crippen LogP contribution in [0, 0.1) is 6.92 Å². The lowest BCUT2D eigenvalue weighted by molar-refractivity contribution is 0.336. The summed E-state index contributed by atoms with van der Waals surface area (Å²) in [7, 11) is 1.79. The molecule has 0 bridgehead atoms. The zero-order valence-corrected chi connectivity index (χ0v) is 20.0. The standard InChI is InChI=1S/C21H32N6O.HI/c1-4-28-18-14-16(2)9-10-17(18)15-24-21(22-3)23-12-11-20-26-25-19-8-6-5-7-13-27(19)20;/h9-10,14H,4-8,11-13,15H2,1-3H3,(H2,22,23,24);1H. The Morgan fingerprint density at radius 2 is 2.07 bits per heavy atom. The van der Waals surface area contributed by atoms with Gasteiger partial charge in [0.25, 0.3) is 0 Å². The summed E-state index contributed by atoms with van der Waals surface area (Å²) in [6, 6.07) is 6.28. The minimum atomic E-state index is 0. The molecule has 0 aliphatic carbocycles. The first-order valence-electron chi connectivity index (χ1n) is 10.3. The summed E-state index contributed by atoms with van der Waals surface area (Å²) in [5.74, 6) is 3.91. The van der Waals surface area contributed by atoms with Crippen LogP contribution in [0.3, 0.4) is 0 Å². The number of nitrogens with one attached hydrogen (secondary N) is 2. The first-order chi connectivity index (χ1) is 13.7. The zero-order chi connectivity index (χ0) is 19.8. The van der Waals surface area contributed by atoms with Crippen molar-refractivity contribution >= 4 is 29.9 Å². The fourth-order valence-electron chi connectivity index (χ4n) is 3.52. The van der Waals surface area contributed by atoms with Crippen LogP contribution >= 0.6 is 24.0 Å². The summed E-state index contributed by atoms with van der Waals surface area (Å²) in [5.41, 5.74) is 2.32. The van der Waals surface area contributed by atoms with Crippen molar-refractivity contribution in [2.75, 3.05) is 20.2 Å². The minimum absolute atomic E-state index is 0. The number of hydrogen-bond acceptors (Lipinski definition) is 4. The average Bonchev–Trinajstić information content (AvgIpc) is 2.92. The molecule has 1 aliphatic heterocycles. The summed E-state index contributed by atoms with van der Waals surface area (Å²) in [6.45, 7) is 7.21. The van der Waals surface area contributed by atoms with Crippen molar-refractivity contribution in [1.82, 2.24) is 25.4 Å². The second-order valence-corrected chi connectivity index (χ2v) is 7.14. The van der Waals surface area contributed by atoms with E-state index >= 15 is 0 Å². The molecule has 0 spiro atoms. The third kappa shape index (κ3) is 6.58. The maximum Gasteiger partial charge on any atom is 0.191 e. The highest BCUT2D eigenvalue weighted by molar-refractivity contribution is 14.0. The van der Waals surface area contributed by atoms with Gasteiger partial charge in [-0.1, -0.05) is 18.6 Å². The lowest BCUT2D eigenvalue weighted by atomic mass is 10.1. The number of benzene rings is 1. The SMILES string of the molecule is CCOc1cc(C)ccc1CNC(=NC)NCCc1nnc2n1CCCCC2.I. The molecule has 0 atom stereocenters. The molecule has 8 heteroatoms. The highest BCUT2D eigenvalue weighted by atomic mass is 127. The second kappa shape index (κ2) is 12.0. The largest absolute Gasteiger partial charge is 0.494 e. The first kappa shape index (κ1) is 23.4. The molecule has 29 heavy (non-hydrogen) atoms. The van der Waals surface area contributed by atoms with E-state index in [0.717, 1.165) is 54.9 Å². The molecular formula is C21H33IN6O. The highest BCUT2D eigenvalue weighted by Crippen LogP contribution is 2.20. The molecule has 0 fully saturated rings. The molecule has 160 valence electrons. The van der Waals surface area contributed by atoms with Crippen molar-refractivity contribution < 1.29 is 4.74 Å². The Kier molecular flexibility index (Phi) is 9.69. The van der Waals surface area contributed by atoms with E-state index in [1.807, 2.05) is 6.92 Å². The van der Waals surface area contributed by atoms with E-state index in [2.05, 4.69) is 55.5 Å². The molecule has 7 nitrogen and oxygen atoms in total. The summed E-state index contributed by atoms with van der Waals surface area (Å²) in [5, 5.41) is 15.5. The lowest BCUT2D eigenvalue weighted by Gasteiger charge is -2.15. The predicted octanol–water partition coefficient (Wildman–Crippen LogP) is 3.24. The van der Waals surface area contributed by atoms with Crippen molar-refractivity contribution in [2.24, 2.45) is 4.99 Å². The van der Waals surface area contributed by atoms with Crippen LogP contribution < -0.4 is 15.4 Å². The molecule has 0 saturated carbocycles. The number of hydrogen-bond donors (Lipinski definition) is 2. The Morgan fingerprint density at radius 3 is 2.86 bits per heavy atom. The van der Waals surface area contributed by atoms with Crippen molar-refractivity contribution in [3.8, 4) is 5.75 Å². The predicted molar refractivity (Wildman–Crippen MR) is 127 cm³/mol. The van der Waals surface area contributed by atoms with Gasteiger partial charge in [0.1, 0.15) is 17.4 Å². The van der Waals surface area contributed by atoms with E-state index in [1.165, 1.54) is 24.8 Å². The molecule has 2 heterocycles. The van der Waals surface area contributed by atoms with Gasteiger partial charge < -0.3 is 19.9 Å². The molecule has 0 amide bonds. The smallest absolute Gasteiger partial charge is 0.191 e. The highest BCUT2D eigenvalue weighted by Gasteiger charge is 2.14. The molecule has 2 aromatic rings. The number of guanidine groups is 1. The number of fused-ring (bicyclic) bond motifs is 1. The summed E-state index contributed by atoms with van der Waals surface area (Å²) in [4.78, 5) is 4.33. The van der Waals surface area contributed by atoms with Crippen LogP contribution in [0.25, 0.3) is 0 Å². The summed E-state index contributed by atoms with van der Waals surface area (Å²) < 4.78 is 8.06. The Bertz CT molecular complexity index is 804. The molecule has 1 aromatic carbocycles. The Labute approximate surface area is 190 Å². The van der Waals surface area contributed by atoms with Gasteiger partial charge in [-0.15, -0.1) is 34.2 Å². The molecule has 0 radical (unpaired) electrons. The number of halogens is 1. The van der Waals surface area contributed by atoms with E-state index in [9.17, 15) is 0 Å². The monoisotopic (exact) mass is 512 g/mol. The third-order valence-corrected chi connectivity index (χ3v) is 5.02. The maximum absolute atomic E-state index is 5.76. The van der Waals surface area contributed by atoms with Gasteiger partial charge in [0.05, 0.1) is 6.61 Å². The van der Waals surface area contributed by atoms with Gasteiger partial charge in [-0.3, -0.25) is 4.99 Å². The second-order valence-electron chi connectivity index (χ2n) is 7.14. The topological polar surface area (TPSA) is 76.4 Å². The van der Waals surface area contributed by atoms with Gasteiger partial charge >= 0.3 is 0 Å². The Morgan fingerprint density at radius 1 is 1.21 bits per heavy atom. The molecule has 1 aromatic heterocycles. The van der Waals surface area contributed by atoms with Crippen LogP contribution in [0.5, 0.6) is 5.75 Å². The van der Waals surface area contributed by atoms with Crippen LogP contribution in [-0.4, -0.2) is 40.9 Å². The molecular weight excluding hydrogens is 479 g/mol. The van der Waals surface area contributed by atoms with E-state index < -0.39 is 0 Å². The fourth-order valence-corrected chi connectivity index (χ4v) is 3.52. The molecule has 0 unspecified atom stereocenters. The van der Waals surface area contributed by atoms with Crippen LogP contribution in [-0.2, 0) is 25.9 Å². The van der Waals surface area contributed by atoms with E-state index in [0.29, 0.717) is 13.2 Å². The van der Waals surface area contributed by atoms with Crippen molar-refractivity contribution in [3.05, 3.63) is 41.0 Å². The van der Waals surface area contributed by atoms with E-state index in [4.69, 9.17) is 4.74 Å². The number of aryl methyl sites for hydroxylation is 2. The van der Waals surface area contributed by atoms with E-state index in [1.54, 1.807) is 7.05 Å². The first-order valence-corrected chi connectivity index (χ1v) is 10.3. The molecule has 3 rings (SSSR count). The Hall–Kier alpha value is -1.84. The number of ether oxygens (including phenoxy) is 1. The average molecular weight is 512 g/mol. The number of nitrogens with zero attached hydrogens (tertiary/aromatic N) is 4. The normalized spacial score (nSPS) is 13.8. The van der Waals surface area contributed by atoms with Gasteiger partial charge in [0.15, 0.2) is 5.96 Å². The summed E-state index contributed by atoms with van der Waals surface area (Å²) >= 11 is 0. The quantitative estimate of drug-likeness (QED) is 0.339. The zero-order valence-electron chi connectivity index (χ0n) is 17.7. The van der Waals surface area contributed by atoms with Crippen molar-refractivity contribution in [1.29, 1.82) is 0 Å². The van der Waals surface area contributed by atoms with E-state index in [-0.39, 0.29) is 24.0 Å². The third-order valence-electron chi connectivity index (χ3n) is 5.02. The number of aliphatic imine (C=N–C) groups is 1. The number of rotatable bonds is 7. The molecule has 0 saturated heterocycles. The van der Waals surface area contributed by atoms with Gasteiger partial charge in [0, 0.05) is 45.1 Å². The maximum atomic E-state index is 5.76. The van der Waals surface area contributed by atoms with Gasteiger partial charge in [-0.05, 0) is 38.3 Å². The van der Waals surface area contributed by atoms with Crippen LogP contribution in [0.15, 0.2) is 23.2 Å².